The van der Waals surface area contributed by atoms with Crippen molar-refractivity contribution in [1.82, 2.24) is 0 Å². The summed E-state index contributed by atoms with van der Waals surface area (Å²) < 4.78 is 5.54. The lowest BCUT2D eigenvalue weighted by molar-refractivity contribution is 0.104. The van der Waals surface area contributed by atoms with Crippen LogP contribution >= 0.6 is 0 Å². The van der Waals surface area contributed by atoms with Gasteiger partial charge in [0.05, 0.1) is 6.10 Å². The van der Waals surface area contributed by atoms with Gasteiger partial charge in [-0.1, -0.05) is 42.9 Å². The number of aliphatic hydroxyl groups excluding tert-OH is 1. The van der Waals surface area contributed by atoms with E-state index in [1.807, 2.05) is 19.1 Å². The predicted octanol–water partition coefficient (Wildman–Crippen LogP) is 3.90. The third-order valence-corrected chi connectivity index (χ3v) is 3.71. The first kappa shape index (κ1) is 14.9. The van der Waals surface area contributed by atoms with Gasteiger partial charge in [0.2, 0.25) is 0 Å². The molecule has 0 saturated carbocycles. The summed E-state index contributed by atoms with van der Waals surface area (Å²) in [5.74, 6) is 1.43. The van der Waals surface area contributed by atoms with Crippen LogP contribution in [0.2, 0.25) is 0 Å². The molecule has 1 aromatic rings. The van der Waals surface area contributed by atoms with Gasteiger partial charge >= 0.3 is 0 Å². The van der Waals surface area contributed by atoms with Crippen molar-refractivity contribution in [1.29, 1.82) is 0 Å². The van der Waals surface area contributed by atoms with Crippen LogP contribution in [0.4, 0.5) is 0 Å². The first-order valence-electron chi connectivity index (χ1n) is 7.42. The van der Waals surface area contributed by atoms with Gasteiger partial charge in [-0.05, 0) is 49.8 Å². The normalized spacial score (nSPS) is 19.6. The molecule has 0 spiro atoms. The average molecular weight is 272 g/mol. The van der Waals surface area contributed by atoms with E-state index in [4.69, 9.17) is 4.74 Å². The first-order chi connectivity index (χ1) is 9.67. The largest absolute Gasteiger partial charge is 0.491 e. The quantitative estimate of drug-likeness (QED) is 0.851. The Morgan fingerprint density at radius 3 is 2.65 bits per heavy atom. The molecule has 0 aliphatic heterocycles. The fraction of sp³-hybridized carbons (Fsp3) is 0.444. The van der Waals surface area contributed by atoms with Crippen LogP contribution < -0.4 is 4.74 Å². The van der Waals surface area contributed by atoms with E-state index in [2.05, 4.69) is 37.3 Å². The van der Waals surface area contributed by atoms with E-state index < -0.39 is 0 Å². The number of aliphatic hydroxyl groups is 1. The summed E-state index contributed by atoms with van der Waals surface area (Å²) in [7, 11) is 0. The number of hydrogen-bond acceptors (Lipinski definition) is 2. The van der Waals surface area contributed by atoms with E-state index in [9.17, 15) is 5.11 Å². The summed E-state index contributed by atoms with van der Waals surface area (Å²) in [5.41, 5.74) is 2.69. The highest BCUT2D eigenvalue weighted by atomic mass is 16.5. The molecule has 1 N–H and O–H groups in total. The van der Waals surface area contributed by atoms with E-state index in [0.29, 0.717) is 12.5 Å². The van der Waals surface area contributed by atoms with Crippen LogP contribution in [0.15, 0.2) is 48.1 Å². The average Bonchev–Trinajstić information content (AvgIpc) is 2.48. The lowest BCUT2D eigenvalue weighted by atomic mass is 9.91. The maximum absolute atomic E-state index is 9.47. The highest BCUT2D eigenvalue weighted by Crippen LogP contribution is 2.22. The second kappa shape index (κ2) is 7.30. The Labute approximate surface area is 121 Å². The first-order valence-corrected chi connectivity index (χ1v) is 7.42. The maximum atomic E-state index is 9.47. The van der Waals surface area contributed by atoms with Gasteiger partial charge in [0, 0.05) is 0 Å². The van der Waals surface area contributed by atoms with Gasteiger partial charge < -0.3 is 9.84 Å². The van der Waals surface area contributed by atoms with Crippen molar-refractivity contribution in [3.8, 4) is 5.75 Å². The molecular formula is C18H24O2. The SMILES string of the molecule is CCC(O)COc1ccc(CC2C=CC(C)=CC2)cc1. The van der Waals surface area contributed by atoms with Gasteiger partial charge in [-0.25, -0.2) is 0 Å². The number of allylic oxidation sites excluding steroid dienone is 4. The predicted molar refractivity (Wildman–Crippen MR) is 82.9 cm³/mol. The van der Waals surface area contributed by atoms with Gasteiger partial charge in [0.15, 0.2) is 0 Å². The molecular weight excluding hydrogens is 248 g/mol. The van der Waals surface area contributed by atoms with Gasteiger partial charge in [0.25, 0.3) is 0 Å². The third-order valence-electron chi connectivity index (χ3n) is 3.71. The van der Waals surface area contributed by atoms with Gasteiger partial charge in [-0.3, -0.25) is 0 Å². The van der Waals surface area contributed by atoms with E-state index in [1.54, 1.807) is 0 Å². The van der Waals surface area contributed by atoms with Crippen molar-refractivity contribution in [2.75, 3.05) is 6.61 Å². The standard InChI is InChI=1S/C18H24O2/c1-3-17(19)13-20-18-10-8-16(9-11-18)12-15-6-4-14(2)5-7-15/h4-6,8-11,15,17,19H,3,7,12-13H2,1-2H3. The van der Waals surface area contributed by atoms with Crippen molar-refractivity contribution in [3.63, 3.8) is 0 Å². The Hall–Kier alpha value is -1.54. The molecule has 20 heavy (non-hydrogen) atoms. The fourth-order valence-corrected chi connectivity index (χ4v) is 2.26. The molecule has 108 valence electrons. The summed E-state index contributed by atoms with van der Waals surface area (Å²) in [6, 6.07) is 8.22. The van der Waals surface area contributed by atoms with E-state index >= 15 is 0 Å². The molecule has 0 radical (unpaired) electrons. The van der Waals surface area contributed by atoms with Crippen molar-refractivity contribution in [2.45, 2.75) is 39.2 Å². The molecule has 2 unspecified atom stereocenters. The van der Waals surface area contributed by atoms with Crippen LogP contribution in [0.25, 0.3) is 0 Å². The van der Waals surface area contributed by atoms with Crippen LogP contribution in [0, 0.1) is 5.92 Å². The number of rotatable bonds is 6. The maximum Gasteiger partial charge on any atom is 0.119 e. The van der Waals surface area contributed by atoms with Crippen LogP contribution in [-0.2, 0) is 6.42 Å². The number of ether oxygens (including phenoxy) is 1. The van der Waals surface area contributed by atoms with Gasteiger partial charge in [-0.15, -0.1) is 0 Å². The topological polar surface area (TPSA) is 29.5 Å². The zero-order valence-corrected chi connectivity index (χ0v) is 12.4. The van der Waals surface area contributed by atoms with E-state index in [-0.39, 0.29) is 6.10 Å². The van der Waals surface area contributed by atoms with Crippen LogP contribution in [-0.4, -0.2) is 17.8 Å². The van der Waals surface area contributed by atoms with Crippen molar-refractivity contribution >= 4 is 0 Å². The summed E-state index contributed by atoms with van der Waals surface area (Å²) in [4.78, 5) is 0. The highest BCUT2D eigenvalue weighted by Gasteiger charge is 2.08. The van der Waals surface area contributed by atoms with Crippen molar-refractivity contribution in [2.24, 2.45) is 5.92 Å². The number of hydrogen-bond donors (Lipinski definition) is 1. The van der Waals surface area contributed by atoms with Crippen LogP contribution in [0.5, 0.6) is 5.75 Å². The molecule has 2 heteroatoms. The van der Waals surface area contributed by atoms with Gasteiger partial charge in [0.1, 0.15) is 12.4 Å². The molecule has 0 amide bonds. The molecule has 0 aromatic heterocycles. The van der Waals surface area contributed by atoms with E-state index in [1.165, 1.54) is 11.1 Å². The number of benzene rings is 1. The Bertz CT molecular complexity index is 471. The molecule has 0 fully saturated rings. The summed E-state index contributed by atoms with van der Waals surface area (Å²) in [6.07, 6.45) is 9.35. The minimum Gasteiger partial charge on any atom is -0.491 e. The Kier molecular flexibility index (Phi) is 5.42. The second-order valence-corrected chi connectivity index (χ2v) is 5.52. The zero-order valence-electron chi connectivity index (χ0n) is 12.4. The van der Waals surface area contributed by atoms with E-state index in [0.717, 1.165) is 25.0 Å². The smallest absolute Gasteiger partial charge is 0.119 e. The minimum atomic E-state index is -0.378. The Balaban J connectivity index is 1.84. The molecule has 0 heterocycles. The van der Waals surface area contributed by atoms with Gasteiger partial charge in [-0.2, -0.15) is 0 Å². The van der Waals surface area contributed by atoms with Crippen molar-refractivity contribution < 1.29 is 9.84 Å². The molecule has 2 rings (SSSR count). The molecule has 0 saturated heterocycles. The highest BCUT2D eigenvalue weighted by molar-refractivity contribution is 5.29. The zero-order chi connectivity index (χ0) is 14.4. The van der Waals surface area contributed by atoms with Crippen LogP contribution in [0.1, 0.15) is 32.3 Å². The summed E-state index contributed by atoms with van der Waals surface area (Å²) >= 11 is 0. The lowest BCUT2D eigenvalue weighted by Crippen LogP contribution is -2.15. The van der Waals surface area contributed by atoms with Crippen molar-refractivity contribution in [3.05, 3.63) is 53.6 Å². The third kappa shape index (κ3) is 4.53. The molecule has 0 bridgehead atoms. The second-order valence-electron chi connectivity index (χ2n) is 5.52. The minimum absolute atomic E-state index is 0.366. The fourth-order valence-electron chi connectivity index (χ4n) is 2.26. The summed E-state index contributed by atoms with van der Waals surface area (Å²) in [5, 5.41) is 9.47. The molecule has 1 aliphatic rings. The van der Waals surface area contributed by atoms with Crippen LogP contribution in [0.3, 0.4) is 0 Å². The summed E-state index contributed by atoms with van der Waals surface area (Å²) in [6.45, 7) is 4.46. The molecule has 2 atom stereocenters. The Morgan fingerprint density at radius 2 is 2.05 bits per heavy atom. The molecule has 2 nitrogen and oxygen atoms in total. The Morgan fingerprint density at radius 1 is 1.30 bits per heavy atom. The molecule has 1 aliphatic carbocycles. The molecule has 1 aromatic carbocycles. The monoisotopic (exact) mass is 272 g/mol. The lowest BCUT2D eigenvalue weighted by Gasteiger charge is -2.15.